The van der Waals surface area contributed by atoms with Gasteiger partial charge in [-0.05, 0) is 25.7 Å². The zero-order valence-corrected chi connectivity index (χ0v) is 38.7. The second-order valence-corrected chi connectivity index (χ2v) is 16.9. The largest absolute Gasteiger partial charge is 0.502 e. The first-order valence-electron chi connectivity index (χ1n) is 25.0. The molecule has 0 saturated carbocycles. The minimum Gasteiger partial charge on any atom is -0.502 e. The van der Waals surface area contributed by atoms with Gasteiger partial charge in [-0.2, -0.15) is 0 Å². The first-order valence-corrected chi connectivity index (χ1v) is 25.0. The maximum Gasteiger partial charge on any atom is 0.201 e. The van der Waals surface area contributed by atoms with Gasteiger partial charge in [0.2, 0.25) is 11.5 Å². The molecule has 0 bridgehead atoms. The number of hydrogen-bond donors (Lipinski definition) is 2. The van der Waals surface area contributed by atoms with Gasteiger partial charge in [0, 0.05) is 24.3 Å². The monoisotopic (exact) mass is 827 g/mol. The fourth-order valence-corrected chi connectivity index (χ4v) is 7.48. The lowest BCUT2D eigenvalue weighted by Gasteiger charge is -2.17. The van der Waals surface area contributed by atoms with E-state index in [-0.39, 0.29) is 11.5 Å². The molecule has 0 heterocycles. The van der Waals surface area contributed by atoms with Crippen molar-refractivity contribution in [2.24, 2.45) is 0 Å². The van der Waals surface area contributed by atoms with Gasteiger partial charge in [-0.25, -0.2) is 0 Å². The van der Waals surface area contributed by atoms with E-state index in [2.05, 4.69) is 27.7 Å². The summed E-state index contributed by atoms with van der Waals surface area (Å²) in [5.74, 6) is 2.39. The highest BCUT2D eigenvalue weighted by molar-refractivity contribution is 5.58. The predicted octanol–water partition coefficient (Wildman–Crippen LogP) is 17.0. The number of unbranched alkanes of at least 4 members (excludes halogenated alkanes) is 28. The molecule has 2 aromatic rings. The van der Waals surface area contributed by atoms with Crippen LogP contribution in [0, 0.1) is 0 Å². The van der Waals surface area contributed by atoms with E-state index >= 15 is 0 Å². The first kappa shape index (κ1) is 52.2. The average Bonchev–Trinajstić information content (AvgIpc) is 3.23. The number of ether oxygens (including phenoxy) is 5. The first-order chi connectivity index (χ1) is 29.0. The number of phenolic OH excluding ortho intramolecular Hbond substituents is 2. The fraction of sp³-hybridized carbons (Fsp3) is 0.769. The van der Waals surface area contributed by atoms with Gasteiger partial charge >= 0.3 is 0 Å². The third kappa shape index (κ3) is 26.1. The topological polar surface area (TPSA) is 86.6 Å². The summed E-state index contributed by atoms with van der Waals surface area (Å²) in [6.07, 6.45) is 38.7. The number of aromatic hydroxyl groups is 2. The Morgan fingerprint density at radius 3 is 0.678 bits per heavy atom. The molecule has 7 nitrogen and oxygen atoms in total. The lowest BCUT2D eigenvalue weighted by molar-refractivity contribution is 0.260. The Morgan fingerprint density at radius 1 is 0.288 bits per heavy atom. The summed E-state index contributed by atoms with van der Waals surface area (Å²) in [5.41, 5.74) is 0. The number of hydrogen-bond acceptors (Lipinski definition) is 7. The molecule has 0 aliphatic rings. The van der Waals surface area contributed by atoms with Crippen LogP contribution in [0.1, 0.15) is 233 Å². The summed E-state index contributed by atoms with van der Waals surface area (Å²) in [5, 5.41) is 22.6. The van der Waals surface area contributed by atoms with Crippen LogP contribution in [0.2, 0.25) is 0 Å². The van der Waals surface area contributed by atoms with Crippen molar-refractivity contribution in [2.75, 3.05) is 26.4 Å². The Bertz CT molecular complexity index is 1080. The van der Waals surface area contributed by atoms with Gasteiger partial charge in [-0.1, -0.05) is 207 Å². The lowest BCUT2D eigenvalue weighted by Crippen LogP contribution is -2.03. The van der Waals surface area contributed by atoms with Crippen molar-refractivity contribution in [3.05, 3.63) is 24.3 Å². The van der Waals surface area contributed by atoms with Crippen molar-refractivity contribution in [3.8, 4) is 46.0 Å². The summed E-state index contributed by atoms with van der Waals surface area (Å²) in [7, 11) is 0. The highest BCUT2D eigenvalue weighted by Crippen LogP contribution is 2.45. The maximum absolute atomic E-state index is 11.3. The van der Waals surface area contributed by atoms with E-state index in [1.807, 2.05) is 0 Å². The van der Waals surface area contributed by atoms with E-state index in [0.29, 0.717) is 60.9 Å². The van der Waals surface area contributed by atoms with Crippen molar-refractivity contribution in [2.45, 2.75) is 233 Å². The van der Waals surface area contributed by atoms with E-state index in [4.69, 9.17) is 23.7 Å². The Kier molecular flexibility index (Phi) is 32.6. The van der Waals surface area contributed by atoms with E-state index in [1.54, 1.807) is 24.3 Å². The molecule has 0 aromatic heterocycles. The van der Waals surface area contributed by atoms with Crippen LogP contribution in [0.15, 0.2) is 24.3 Å². The SMILES string of the molecule is CCCCCCCCCCOc1cc(Oc2cc(OCCCCCCCCCC)c(O)c(OCCCCCCCCCC)c2)cc(OCCCCCCCCCC)c1O. The van der Waals surface area contributed by atoms with E-state index in [1.165, 1.54) is 154 Å². The summed E-state index contributed by atoms with van der Waals surface area (Å²) in [4.78, 5) is 0. The molecule has 0 radical (unpaired) electrons. The molecule has 0 amide bonds. The zero-order valence-electron chi connectivity index (χ0n) is 38.7. The Balaban J connectivity index is 2.16. The molecule has 59 heavy (non-hydrogen) atoms. The molecule has 0 spiro atoms. The molecule has 0 unspecified atom stereocenters. The standard InChI is InChI=1S/C52H90O7/c1-5-9-13-17-21-25-29-33-37-55-47-41-45(42-48(51(47)53)56-38-34-30-26-22-18-14-10-6-2)59-46-43-49(57-39-35-31-27-23-19-15-11-7-3)52(54)50(44-46)58-40-36-32-28-24-20-16-12-8-4/h41-44,53-54H,5-40H2,1-4H3. The predicted molar refractivity (Wildman–Crippen MR) is 249 cm³/mol. The fourth-order valence-electron chi connectivity index (χ4n) is 7.48. The van der Waals surface area contributed by atoms with Gasteiger partial charge in [-0.3, -0.25) is 0 Å². The average molecular weight is 827 g/mol. The molecule has 0 saturated heterocycles. The highest BCUT2D eigenvalue weighted by atomic mass is 16.5. The van der Waals surface area contributed by atoms with Crippen LogP contribution in [0.5, 0.6) is 46.0 Å². The summed E-state index contributed by atoms with van der Waals surface area (Å²) in [6.45, 7) is 11.0. The molecule has 2 aromatic carbocycles. The van der Waals surface area contributed by atoms with E-state index < -0.39 is 0 Å². The minimum atomic E-state index is 0.00552. The maximum atomic E-state index is 11.3. The van der Waals surface area contributed by atoms with Crippen molar-refractivity contribution in [1.82, 2.24) is 0 Å². The van der Waals surface area contributed by atoms with Gasteiger partial charge in [0.1, 0.15) is 11.5 Å². The third-order valence-electron chi connectivity index (χ3n) is 11.3. The van der Waals surface area contributed by atoms with Gasteiger partial charge in [-0.15, -0.1) is 0 Å². The normalized spacial score (nSPS) is 11.3. The van der Waals surface area contributed by atoms with Crippen molar-refractivity contribution < 1.29 is 33.9 Å². The number of benzene rings is 2. The molecule has 7 heteroatoms. The Hall–Kier alpha value is -2.96. The van der Waals surface area contributed by atoms with Crippen LogP contribution in [0.3, 0.4) is 0 Å². The van der Waals surface area contributed by atoms with Crippen LogP contribution >= 0.6 is 0 Å². The van der Waals surface area contributed by atoms with Crippen molar-refractivity contribution in [3.63, 3.8) is 0 Å². The van der Waals surface area contributed by atoms with Gasteiger partial charge in [0.25, 0.3) is 0 Å². The van der Waals surface area contributed by atoms with Crippen LogP contribution in [0.25, 0.3) is 0 Å². The lowest BCUT2D eigenvalue weighted by atomic mass is 10.1. The van der Waals surface area contributed by atoms with Gasteiger partial charge in [0.15, 0.2) is 23.0 Å². The molecule has 0 aliphatic carbocycles. The van der Waals surface area contributed by atoms with Gasteiger partial charge < -0.3 is 33.9 Å². The summed E-state index contributed by atoms with van der Waals surface area (Å²) in [6, 6.07) is 6.94. The Labute approximate surface area is 362 Å². The smallest absolute Gasteiger partial charge is 0.201 e. The van der Waals surface area contributed by atoms with Gasteiger partial charge in [0.05, 0.1) is 26.4 Å². The summed E-state index contributed by atoms with van der Waals surface area (Å²) < 4.78 is 31.2. The zero-order chi connectivity index (χ0) is 42.4. The quantitative estimate of drug-likeness (QED) is 0.0645. The molecule has 2 rings (SSSR count). The van der Waals surface area contributed by atoms with Crippen LogP contribution in [0.4, 0.5) is 0 Å². The second kappa shape index (κ2) is 36.9. The van der Waals surface area contributed by atoms with Crippen LogP contribution < -0.4 is 23.7 Å². The van der Waals surface area contributed by atoms with E-state index in [9.17, 15) is 10.2 Å². The van der Waals surface area contributed by atoms with E-state index in [0.717, 1.165) is 51.4 Å². The second-order valence-electron chi connectivity index (χ2n) is 16.9. The molecule has 340 valence electrons. The summed E-state index contributed by atoms with van der Waals surface area (Å²) >= 11 is 0. The molecular formula is C52H90O7. The molecule has 2 N–H and O–H groups in total. The molecular weight excluding hydrogens is 737 g/mol. The number of rotatable bonds is 42. The van der Waals surface area contributed by atoms with Crippen molar-refractivity contribution in [1.29, 1.82) is 0 Å². The molecule has 0 fully saturated rings. The molecule has 0 atom stereocenters. The highest BCUT2D eigenvalue weighted by Gasteiger charge is 2.18. The van der Waals surface area contributed by atoms with Crippen LogP contribution in [-0.4, -0.2) is 36.6 Å². The van der Waals surface area contributed by atoms with Crippen molar-refractivity contribution >= 4 is 0 Å². The minimum absolute atomic E-state index is 0.00552. The molecule has 0 aliphatic heterocycles. The van der Waals surface area contributed by atoms with Crippen LogP contribution in [-0.2, 0) is 0 Å². The third-order valence-corrected chi connectivity index (χ3v) is 11.3. The number of phenols is 2. The Morgan fingerprint density at radius 2 is 0.475 bits per heavy atom.